The smallest absolute Gasteiger partial charge is 0.214 e. The number of carbonyl (C=O) groups excluding carboxylic acids is 1. The molecule has 2 aromatic rings. The molecule has 0 aliphatic heterocycles. The van der Waals surface area contributed by atoms with Crippen LogP contribution in [0, 0.1) is 0 Å². The van der Waals surface area contributed by atoms with E-state index in [0.717, 1.165) is 11.5 Å². The Hall–Kier alpha value is -1.97. The van der Waals surface area contributed by atoms with Gasteiger partial charge >= 0.3 is 0 Å². The highest BCUT2D eigenvalue weighted by atomic mass is 16.1. The fourth-order valence-electron chi connectivity index (χ4n) is 1.52. The van der Waals surface area contributed by atoms with Crippen LogP contribution in [0.1, 0.15) is 36.2 Å². The second kappa shape index (κ2) is 4.26. The van der Waals surface area contributed by atoms with Gasteiger partial charge in [-0.3, -0.25) is 4.79 Å². The zero-order chi connectivity index (χ0) is 11.5. The monoisotopic (exact) mass is 215 g/mol. The minimum atomic E-state index is 0.224. The molecule has 4 heteroatoms. The topological polar surface area (TPSA) is 47.8 Å². The van der Waals surface area contributed by atoms with Gasteiger partial charge in [0.15, 0.2) is 6.29 Å². The van der Waals surface area contributed by atoms with Crippen molar-refractivity contribution in [3.05, 3.63) is 42.0 Å². The van der Waals surface area contributed by atoms with Gasteiger partial charge in [-0.15, -0.1) is 5.10 Å². The molecule has 0 fully saturated rings. The molecule has 16 heavy (non-hydrogen) atoms. The molecule has 1 aromatic heterocycles. The Kier molecular flexibility index (Phi) is 2.81. The Labute approximate surface area is 93.9 Å². The predicted octanol–water partition coefficient (Wildman–Crippen LogP) is 2.20. The summed E-state index contributed by atoms with van der Waals surface area (Å²) in [7, 11) is 0. The lowest BCUT2D eigenvalue weighted by atomic mass is 10.2. The second-order valence-electron chi connectivity index (χ2n) is 3.85. The van der Waals surface area contributed by atoms with Crippen LogP contribution in [0.25, 0.3) is 5.69 Å². The van der Waals surface area contributed by atoms with Gasteiger partial charge in [-0.1, -0.05) is 32.0 Å². The van der Waals surface area contributed by atoms with E-state index in [-0.39, 0.29) is 11.7 Å². The minimum absolute atomic E-state index is 0.224. The molecule has 0 bridgehead atoms. The molecule has 1 heterocycles. The molecule has 0 saturated heterocycles. The summed E-state index contributed by atoms with van der Waals surface area (Å²) in [6, 6.07) is 9.68. The van der Waals surface area contributed by atoms with Crippen LogP contribution in [0.4, 0.5) is 0 Å². The number of para-hydroxylation sites is 1. The van der Waals surface area contributed by atoms with Crippen LogP contribution in [0.15, 0.2) is 30.3 Å². The number of rotatable bonds is 3. The van der Waals surface area contributed by atoms with Gasteiger partial charge in [0.2, 0.25) is 5.82 Å². The largest absolute Gasteiger partial charge is 0.294 e. The van der Waals surface area contributed by atoms with Crippen molar-refractivity contribution >= 4 is 6.29 Å². The summed E-state index contributed by atoms with van der Waals surface area (Å²) in [5.74, 6) is 1.25. The molecule has 2 rings (SSSR count). The van der Waals surface area contributed by atoms with Crippen molar-refractivity contribution in [3.8, 4) is 5.69 Å². The molecule has 0 saturated carbocycles. The van der Waals surface area contributed by atoms with Gasteiger partial charge in [-0.05, 0) is 12.1 Å². The number of benzene rings is 1. The number of nitrogens with zero attached hydrogens (tertiary/aromatic N) is 3. The highest BCUT2D eigenvalue weighted by Gasteiger charge is 2.13. The van der Waals surface area contributed by atoms with Crippen molar-refractivity contribution in [2.45, 2.75) is 19.8 Å². The van der Waals surface area contributed by atoms with Gasteiger partial charge in [-0.25, -0.2) is 9.67 Å². The molecular weight excluding hydrogens is 202 g/mol. The van der Waals surface area contributed by atoms with Crippen LogP contribution < -0.4 is 0 Å². The molecule has 0 atom stereocenters. The summed E-state index contributed by atoms with van der Waals surface area (Å²) in [4.78, 5) is 14.9. The summed E-state index contributed by atoms with van der Waals surface area (Å²) in [6.07, 6.45) is 0.672. The fourth-order valence-corrected chi connectivity index (χ4v) is 1.52. The summed E-state index contributed by atoms with van der Waals surface area (Å²) >= 11 is 0. The van der Waals surface area contributed by atoms with Crippen LogP contribution in [-0.2, 0) is 0 Å². The van der Waals surface area contributed by atoms with Gasteiger partial charge in [0, 0.05) is 5.92 Å². The Morgan fingerprint density at radius 1 is 1.25 bits per heavy atom. The molecule has 4 nitrogen and oxygen atoms in total. The van der Waals surface area contributed by atoms with Gasteiger partial charge in [0.25, 0.3) is 0 Å². The van der Waals surface area contributed by atoms with E-state index >= 15 is 0 Å². The van der Waals surface area contributed by atoms with E-state index in [2.05, 4.69) is 10.1 Å². The Morgan fingerprint density at radius 2 is 1.94 bits per heavy atom. The lowest BCUT2D eigenvalue weighted by Crippen LogP contribution is -2.04. The molecule has 0 aliphatic carbocycles. The Morgan fingerprint density at radius 3 is 2.50 bits per heavy atom. The number of hydrogen-bond acceptors (Lipinski definition) is 3. The summed E-state index contributed by atoms with van der Waals surface area (Å²) in [5, 5.41) is 4.16. The zero-order valence-electron chi connectivity index (χ0n) is 9.29. The number of hydrogen-bond donors (Lipinski definition) is 0. The van der Waals surface area contributed by atoms with Gasteiger partial charge in [-0.2, -0.15) is 0 Å². The third-order valence-corrected chi connectivity index (χ3v) is 2.27. The maximum atomic E-state index is 10.7. The fraction of sp³-hybridized carbons (Fsp3) is 0.250. The number of aldehydes is 1. The quantitative estimate of drug-likeness (QED) is 0.737. The number of aromatic nitrogens is 3. The first-order chi connectivity index (χ1) is 7.72. The van der Waals surface area contributed by atoms with E-state index in [4.69, 9.17) is 0 Å². The molecule has 82 valence electrons. The van der Waals surface area contributed by atoms with E-state index < -0.39 is 0 Å². The van der Waals surface area contributed by atoms with E-state index in [1.807, 2.05) is 44.2 Å². The summed E-state index contributed by atoms with van der Waals surface area (Å²) < 4.78 is 1.72. The van der Waals surface area contributed by atoms with E-state index in [1.165, 1.54) is 0 Å². The van der Waals surface area contributed by atoms with Crippen LogP contribution in [0.3, 0.4) is 0 Å². The normalized spacial score (nSPS) is 10.7. The second-order valence-corrected chi connectivity index (χ2v) is 3.85. The van der Waals surface area contributed by atoms with Crippen molar-refractivity contribution in [1.82, 2.24) is 14.8 Å². The highest BCUT2D eigenvalue weighted by Crippen LogP contribution is 2.16. The van der Waals surface area contributed by atoms with Gasteiger partial charge in [0.1, 0.15) is 5.82 Å². The molecule has 0 amide bonds. The van der Waals surface area contributed by atoms with E-state index in [0.29, 0.717) is 6.29 Å². The standard InChI is InChI=1S/C12H13N3O/c1-9(2)12-13-11(8-16)14-15(12)10-6-4-3-5-7-10/h3-9H,1-2H3. The van der Waals surface area contributed by atoms with Crippen LogP contribution in [0.2, 0.25) is 0 Å². The number of carbonyl (C=O) groups is 1. The van der Waals surface area contributed by atoms with E-state index in [9.17, 15) is 4.79 Å². The van der Waals surface area contributed by atoms with Crippen LogP contribution in [-0.4, -0.2) is 21.1 Å². The molecule has 0 spiro atoms. The third-order valence-electron chi connectivity index (χ3n) is 2.27. The van der Waals surface area contributed by atoms with Crippen molar-refractivity contribution < 1.29 is 4.79 Å². The lowest BCUT2D eigenvalue weighted by molar-refractivity contribution is 0.111. The lowest BCUT2D eigenvalue weighted by Gasteiger charge is -2.07. The molecule has 0 aliphatic rings. The SMILES string of the molecule is CC(C)c1nc(C=O)nn1-c1ccccc1. The molecule has 0 unspecified atom stereocenters. The Bertz CT molecular complexity index is 488. The van der Waals surface area contributed by atoms with Crippen molar-refractivity contribution in [1.29, 1.82) is 0 Å². The summed E-state index contributed by atoms with van der Waals surface area (Å²) in [6.45, 7) is 4.05. The van der Waals surface area contributed by atoms with Gasteiger partial charge < -0.3 is 0 Å². The first-order valence-corrected chi connectivity index (χ1v) is 5.20. The predicted molar refractivity (Wildman–Crippen MR) is 60.8 cm³/mol. The minimum Gasteiger partial charge on any atom is -0.294 e. The molecule has 0 N–H and O–H groups in total. The summed E-state index contributed by atoms with van der Waals surface area (Å²) in [5.41, 5.74) is 0.923. The van der Waals surface area contributed by atoms with Crippen molar-refractivity contribution in [3.63, 3.8) is 0 Å². The highest BCUT2D eigenvalue weighted by molar-refractivity contribution is 5.68. The average Bonchev–Trinajstić information content (AvgIpc) is 2.74. The van der Waals surface area contributed by atoms with Crippen molar-refractivity contribution in [2.75, 3.05) is 0 Å². The van der Waals surface area contributed by atoms with Gasteiger partial charge in [0.05, 0.1) is 5.69 Å². The van der Waals surface area contributed by atoms with Crippen molar-refractivity contribution in [2.24, 2.45) is 0 Å². The third kappa shape index (κ3) is 1.86. The van der Waals surface area contributed by atoms with Crippen LogP contribution >= 0.6 is 0 Å². The average molecular weight is 215 g/mol. The zero-order valence-corrected chi connectivity index (χ0v) is 9.29. The first-order valence-electron chi connectivity index (χ1n) is 5.20. The first kappa shape index (κ1) is 10.5. The maximum Gasteiger partial charge on any atom is 0.214 e. The Balaban J connectivity index is 2.55. The maximum absolute atomic E-state index is 10.7. The van der Waals surface area contributed by atoms with E-state index in [1.54, 1.807) is 4.68 Å². The molecular formula is C12H13N3O. The van der Waals surface area contributed by atoms with Crippen LogP contribution in [0.5, 0.6) is 0 Å². The molecule has 1 aromatic carbocycles. The molecule has 0 radical (unpaired) electrons.